The number of rotatable bonds is 2. The first kappa shape index (κ1) is 5.37. The van der Waals surface area contributed by atoms with Crippen LogP contribution >= 0.6 is 0 Å². The van der Waals surface area contributed by atoms with Crippen LogP contribution in [0, 0.1) is 0 Å². The molecule has 34 valence electrons. The van der Waals surface area contributed by atoms with Gasteiger partial charge in [-0.15, -0.1) is 0 Å². The normalized spacial score (nSPS) is 7.50. The Labute approximate surface area is 36.1 Å². The minimum atomic E-state index is -0.427. The summed E-state index contributed by atoms with van der Waals surface area (Å²) in [6.45, 7) is 2.69. The summed E-state index contributed by atoms with van der Waals surface area (Å²) < 4.78 is 0. The maximum atomic E-state index is 9.81. The number of hydrogen-bond donors (Lipinski definition) is 1. The van der Waals surface area contributed by atoms with E-state index in [0.29, 0.717) is 0 Å². The van der Waals surface area contributed by atoms with Gasteiger partial charge >= 0.3 is 0 Å². The summed E-state index contributed by atoms with van der Waals surface area (Å²) in [5.74, 6) is -0.338. The number of ketones is 1. The summed E-state index contributed by atoms with van der Waals surface area (Å²) in [6, 6.07) is 0. The lowest BCUT2D eigenvalue weighted by molar-refractivity contribution is -0.117. The van der Waals surface area contributed by atoms with E-state index in [1.165, 1.54) is 0 Å². The Morgan fingerprint density at radius 2 is 2.50 bits per heavy atom. The minimum Gasteiger partial charge on any atom is -0.388 e. The number of hydrogen-bond acceptors (Lipinski definition) is 2. The Bertz CT molecular complexity index is 65.9. The van der Waals surface area contributed by atoms with Crippen molar-refractivity contribution in [3.63, 3.8) is 0 Å². The van der Waals surface area contributed by atoms with Crippen LogP contribution in [0.4, 0.5) is 0 Å². The smallest absolute Gasteiger partial charge is 0.180 e. The minimum absolute atomic E-state index is 0.338. The van der Waals surface area contributed by atoms with E-state index >= 15 is 0 Å². The highest BCUT2D eigenvalue weighted by Gasteiger charge is 1.83. The van der Waals surface area contributed by atoms with Gasteiger partial charge in [0.1, 0.15) is 6.61 Å². The molecule has 0 unspecified atom stereocenters. The highest BCUT2D eigenvalue weighted by Crippen LogP contribution is 1.64. The molecule has 0 aliphatic rings. The highest BCUT2D eigenvalue weighted by atomic mass is 16.3. The van der Waals surface area contributed by atoms with Gasteiger partial charge in [-0.1, -0.05) is 6.58 Å². The summed E-state index contributed by atoms with van der Waals surface area (Å²) >= 11 is 0. The monoisotopic (exact) mass is 86.0 g/mol. The van der Waals surface area contributed by atoms with E-state index in [9.17, 15) is 4.79 Å². The molecule has 1 N–H and O–H groups in total. The van der Waals surface area contributed by atoms with Crippen molar-refractivity contribution in [1.82, 2.24) is 0 Å². The topological polar surface area (TPSA) is 37.3 Å². The van der Waals surface area contributed by atoms with Crippen LogP contribution in [0.25, 0.3) is 0 Å². The standard InChI is InChI=1S/C4H6O2/c1-2-4(6)3-5/h2,5H,1,3H2. The van der Waals surface area contributed by atoms with Gasteiger partial charge in [0.05, 0.1) is 0 Å². The van der Waals surface area contributed by atoms with Crippen molar-refractivity contribution in [3.8, 4) is 0 Å². The average molecular weight is 86.1 g/mol. The molecule has 0 aromatic heterocycles. The third kappa shape index (κ3) is 1.67. The summed E-state index contributed by atoms with van der Waals surface area (Å²) in [7, 11) is 0. The molecule has 0 aliphatic carbocycles. The Kier molecular flexibility index (Phi) is 2.33. The summed E-state index contributed by atoms with van der Waals surface area (Å²) in [6.07, 6.45) is 1.08. The Morgan fingerprint density at radius 3 is 2.50 bits per heavy atom. The summed E-state index contributed by atoms with van der Waals surface area (Å²) in [4.78, 5) is 9.81. The first-order chi connectivity index (χ1) is 2.81. The molecule has 0 fully saturated rings. The van der Waals surface area contributed by atoms with Gasteiger partial charge in [-0.2, -0.15) is 0 Å². The molecule has 0 aromatic carbocycles. The van der Waals surface area contributed by atoms with E-state index in [2.05, 4.69) is 6.58 Å². The molecule has 0 atom stereocenters. The number of carbonyl (C=O) groups is 1. The predicted molar refractivity (Wildman–Crippen MR) is 22.3 cm³/mol. The molecule has 0 bridgehead atoms. The second-order valence-electron chi connectivity index (χ2n) is 0.829. The summed E-state index contributed by atoms with van der Waals surface area (Å²) in [5, 5.41) is 7.91. The molecule has 0 aromatic rings. The van der Waals surface area contributed by atoms with Gasteiger partial charge < -0.3 is 5.11 Å². The molecule has 0 saturated carbocycles. The molecule has 0 radical (unpaired) electrons. The summed E-state index contributed by atoms with van der Waals surface area (Å²) in [5.41, 5.74) is 0. The van der Waals surface area contributed by atoms with Gasteiger partial charge in [0.2, 0.25) is 0 Å². The van der Waals surface area contributed by atoms with Crippen molar-refractivity contribution in [2.24, 2.45) is 0 Å². The fourth-order valence-electron chi connectivity index (χ4n) is 0.0645. The Morgan fingerprint density at radius 1 is 2.00 bits per heavy atom. The molecule has 0 amide bonds. The molecular formula is C4H6O2. The molecule has 0 heterocycles. The molecular weight excluding hydrogens is 80.0 g/mol. The fraction of sp³-hybridized carbons (Fsp3) is 0.250. The molecule has 0 spiro atoms. The molecule has 2 nitrogen and oxygen atoms in total. The van der Waals surface area contributed by atoms with Crippen molar-refractivity contribution in [1.29, 1.82) is 0 Å². The SMILES string of the molecule is C=CC(=O)CO. The van der Waals surface area contributed by atoms with Crippen molar-refractivity contribution in [2.45, 2.75) is 0 Å². The first-order valence-corrected chi connectivity index (χ1v) is 1.57. The fourth-order valence-corrected chi connectivity index (χ4v) is 0.0645. The average Bonchev–Trinajstić information content (AvgIpc) is 1.65. The second kappa shape index (κ2) is 2.60. The van der Waals surface area contributed by atoms with Crippen LogP contribution in [-0.2, 0) is 4.79 Å². The maximum Gasteiger partial charge on any atom is 0.180 e. The zero-order valence-electron chi connectivity index (χ0n) is 3.35. The third-order valence-corrected chi connectivity index (χ3v) is 0.384. The van der Waals surface area contributed by atoms with Crippen molar-refractivity contribution < 1.29 is 9.90 Å². The molecule has 0 rings (SSSR count). The number of aliphatic hydroxyl groups is 1. The van der Waals surface area contributed by atoms with E-state index in [-0.39, 0.29) is 5.78 Å². The lowest BCUT2D eigenvalue weighted by atomic mass is 10.4. The van der Waals surface area contributed by atoms with Gasteiger partial charge in [-0.05, 0) is 6.08 Å². The number of carbonyl (C=O) groups excluding carboxylic acids is 1. The van der Waals surface area contributed by atoms with E-state index < -0.39 is 6.61 Å². The van der Waals surface area contributed by atoms with E-state index in [4.69, 9.17) is 5.11 Å². The lowest BCUT2D eigenvalue weighted by Crippen LogP contribution is -1.96. The van der Waals surface area contributed by atoms with Gasteiger partial charge in [-0.3, -0.25) is 4.79 Å². The largest absolute Gasteiger partial charge is 0.388 e. The molecule has 0 saturated heterocycles. The van der Waals surface area contributed by atoms with Gasteiger partial charge in [0, 0.05) is 0 Å². The maximum absolute atomic E-state index is 9.81. The second-order valence-corrected chi connectivity index (χ2v) is 0.829. The lowest BCUT2D eigenvalue weighted by Gasteiger charge is -1.75. The zero-order chi connectivity index (χ0) is 4.99. The predicted octanol–water partition coefficient (Wildman–Crippen LogP) is -0.266. The Hall–Kier alpha value is -0.630. The molecule has 2 heteroatoms. The van der Waals surface area contributed by atoms with E-state index in [1.807, 2.05) is 0 Å². The van der Waals surface area contributed by atoms with Crippen LogP contribution in [0.1, 0.15) is 0 Å². The molecule has 0 aliphatic heterocycles. The van der Waals surface area contributed by atoms with Crippen LogP contribution in [-0.4, -0.2) is 17.5 Å². The van der Waals surface area contributed by atoms with Crippen LogP contribution in [0.5, 0.6) is 0 Å². The third-order valence-electron chi connectivity index (χ3n) is 0.384. The van der Waals surface area contributed by atoms with Crippen LogP contribution < -0.4 is 0 Å². The van der Waals surface area contributed by atoms with Gasteiger partial charge in [0.15, 0.2) is 5.78 Å². The highest BCUT2D eigenvalue weighted by molar-refractivity contribution is 5.89. The van der Waals surface area contributed by atoms with Gasteiger partial charge in [0.25, 0.3) is 0 Å². The first-order valence-electron chi connectivity index (χ1n) is 1.57. The van der Waals surface area contributed by atoms with Crippen LogP contribution in [0.15, 0.2) is 12.7 Å². The number of aliphatic hydroxyl groups excluding tert-OH is 1. The van der Waals surface area contributed by atoms with E-state index in [0.717, 1.165) is 6.08 Å². The Balaban J connectivity index is 3.23. The van der Waals surface area contributed by atoms with Crippen LogP contribution in [0.3, 0.4) is 0 Å². The van der Waals surface area contributed by atoms with E-state index in [1.54, 1.807) is 0 Å². The van der Waals surface area contributed by atoms with Crippen molar-refractivity contribution in [2.75, 3.05) is 6.61 Å². The zero-order valence-corrected chi connectivity index (χ0v) is 3.35. The quantitative estimate of drug-likeness (QED) is 0.470. The molecule has 6 heavy (non-hydrogen) atoms. The van der Waals surface area contributed by atoms with Crippen LogP contribution in [0.2, 0.25) is 0 Å². The van der Waals surface area contributed by atoms with Gasteiger partial charge in [-0.25, -0.2) is 0 Å². The van der Waals surface area contributed by atoms with Crippen molar-refractivity contribution >= 4 is 5.78 Å². The van der Waals surface area contributed by atoms with Crippen molar-refractivity contribution in [3.05, 3.63) is 12.7 Å².